The minimum absolute atomic E-state index is 0. The first kappa shape index (κ1) is 14.9. The predicted molar refractivity (Wildman–Crippen MR) is 72.5 cm³/mol. The average molecular weight is 297 g/mol. The molecule has 1 aromatic rings. The molecule has 1 aromatic heterocycles. The molecule has 0 aliphatic carbocycles. The molecule has 17 heavy (non-hydrogen) atoms. The molecular formula is C10H17ClN2O2S2. The van der Waals surface area contributed by atoms with Gasteiger partial charge in [0.1, 0.15) is 4.21 Å². The summed E-state index contributed by atoms with van der Waals surface area (Å²) < 4.78 is 26.7. The zero-order valence-corrected chi connectivity index (χ0v) is 12.3. The van der Waals surface area contributed by atoms with Crippen LogP contribution in [0.4, 0.5) is 0 Å². The van der Waals surface area contributed by atoms with Crippen LogP contribution in [0.25, 0.3) is 0 Å². The van der Waals surface area contributed by atoms with Crippen molar-refractivity contribution in [3.8, 4) is 0 Å². The number of rotatable bonds is 2. The summed E-state index contributed by atoms with van der Waals surface area (Å²) in [6.45, 7) is 5.87. The zero-order chi connectivity index (χ0) is 11.8. The van der Waals surface area contributed by atoms with Gasteiger partial charge in [-0.15, -0.1) is 23.7 Å². The van der Waals surface area contributed by atoms with Gasteiger partial charge in [0.2, 0.25) is 0 Å². The minimum atomic E-state index is -3.28. The van der Waals surface area contributed by atoms with Gasteiger partial charge in [-0.1, -0.05) is 0 Å². The Labute approximate surface area is 112 Å². The van der Waals surface area contributed by atoms with E-state index in [1.54, 1.807) is 10.4 Å². The number of nitrogens with one attached hydrogen (secondary N) is 1. The molecule has 0 spiro atoms. The van der Waals surface area contributed by atoms with Crippen LogP contribution in [0.5, 0.6) is 0 Å². The van der Waals surface area contributed by atoms with E-state index in [4.69, 9.17) is 0 Å². The quantitative estimate of drug-likeness (QED) is 0.899. The van der Waals surface area contributed by atoms with E-state index in [9.17, 15) is 8.42 Å². The molecule has 0 aromatic carbocycles. The maximum atomic E-state index is 12.3. The Balaban J connectivity index is 0.00000144. The lowest BCUT2D eigenvalue weighted by molar-refractivity contribution is 0.284. The molecule has 4 nitrogen and oxygen atoms in total. The Morgan fingerprint density at radius 3 is 2.71 bits per heavy atom. The molecule has 2 rings (SSSR count). The largest absolute Gasteiger partial charge is 0.314 e. The van der Waals surface area contributed by atoms with Crippen molar-refractivity contribution in [2.45, 2.75) is 24.1 Å². The van der Waals surface area contributed by atoms with Crippen molar-refractivity contribution in [1.82, 2.24) is 9.62 Å². The van der Waals surface area contributed by atoms with Gasteiger partial charge in [-0.3, -0.25) is 0 Å². The predicted octanol–water partition coefficient (Wildman–Crippen LogP) is 1.46. The van der Waals surface area contributed by atoms with Crippen molar-refractivity contribution in [3.05, 3.63) is 17.0 Å². The molecule has 0 bridgehead atoms. The first-order valence-corrected chi connectivity index (χ1v) is 7.56. The molecule has 1 saturated heterocycles. The van der Waals surface area contributed by atoms with E-state index in [0.717, 1.165) is 18.0 Å². The molecule has 1 N–H and O–H groups in total. The summed E-state index contributed by atoms with van der Waals surface area (Å²) in [5.74, 6) is 0. The molecule has 7 heteroatoms. The van der Waals surface area contributed by atoms with Gasteiger partial charge < -0.3 is 5.32 Å². The van der Waals surface area contributed by atoms with E-state index in [2.05, 4.69) is 5.32 Å². The van der Waals surface area contributed by atoms with Crippen LogP contribution in [-0.4, -0.2) is 38.4 Å². The highest BCUT2D eigenvalue weighted by Gasteiger charge is 2.31. The van der Waals surface area contributed by atoms with Crippen LogP contribution >= 0.6 is 23.7 Å². The second-order valence-corrected chi connectivity index (χ2v) is 7.44. The van der Waals surface area contributed by atoms with Crippen molar-refractivity contribution in [2.75, 3.05) is 19.6 Å². The van der Waals surface area contributed by atoms with Crippen molar-refractivity contribution < 1.29 is 8.42 Å². The smallest absolute Gasteiger partial charge is 0.252 e. The first-order chi connectivity index (χ1) is 7.51. The third-order valence-corrected chi connectivity index (χ3v) is 6.20. The molecule has 0 saturated carbocycles. The summed E-state index contributed by atoms with van der Waals surface area (Å²) in [4.78, 5) is 1.03. The van der Waals surface area contributed by atoms with Gasteiger partial charge in [-0.2, -0.15) is 4.31 Å². The Hall–Kier alpha value is -0.140. The Morgan fingerprint density at radius 1 is 1.47 bits per heavy atom. The molecule has 1 aliphatic rings. The fourth-order valence-electron chi connectivity index (χ4n) is 1.85. The van der Waals surface area contributed by atoms with Crippen LogP contribution in [0.1, 0.15) is 11.8 Å². The van der Waals surface area contributed by atoms with Gasteiger partial charge in [0.15, 0.2) is 0 Å². The lowest BCUT2D eigenvalue weighted by Gasteiger charge is -2.32. The highest BCUT2D eigenvalue weighted by Crippen LogP contribution is 2.25. The van der Waals surface area contributed by atoms with Crippen molar-refractivity contribution in [2.24, 2.45) is 0 Å². The van der Waals surface area contributed by atoms with Crippen molar-refractivity contribution in [3.63, 3.8) is 0 Å². The summed E-state index contributed by atoms with van der Waals surface area (Å²) in [6, 6.07) is 3.58. The summed E-state index contributed by atoms with van der Waals surface area (Å²) in [7, 11) is -3.28. The molecule has 0 amide bonds. The highest BCUT2D eigenvalue weighted by atomic mass is 35.5. The molecular weight excluding hydrogens is 280 g/mol. The topological polar surface area (TPSA) is 49.4 Å². The number of piperazine rings is 1. The van der Waals surface area contributed by atoms with Crippen LogP contribution in [0.3, 0.4) is 0 Å². The Bertz CT molecular complexity index is 472. The van der Waals surface area contributed by atoms with Crippen LogP contribution < -0.4 is 5.32 Å². The van der Waals surface area contributed by atoms with E-state index < -0.39 is 10.0 Å². The highest BCUT2D eigenvalue weighted by molar-refractivity contribution is 7.91. The van der Waals surface area contributed by atoms with Crippen molar-refractivity contribution >= 4 is 33.8 Å². The second-order valence-electron chi connectivity index (χ2n) is 4.03. The van der Waals surface area contributed by atoms with Gasteiger partial charge in [-0.25, -0.2) is 8.42 Å². The summed E-state index contributed by atoms with van der Waals surface area (Å²) in [6.07, 6.45) is 0. The number of thiophene rings is 1. The fourth-order valence-corrected chi connectivity index (χ4v) is 4.89. The molecule has 98 valence electrons. The first-order valence-electron chi connectivity index (χ1n) is 5.31. The standard InChI is InChI=1S/C10H16N2O2S2.ClH/c1-8-7-11-5-6-12(8)16(13,14)10-4-3-9(2)15-10;/h3-4,8,11H,5-7H2,1-2H3;1H. The minimum Gasteiger partial charge on any atom is -0.314 e. The van der Waals surface area contributed by atoms with Gasteiger partial charge >= 0.3 is 0 Å². The average Bonchev–Trinajstić information content (AvgIpc) is 2.66. The second kappa shape index (κ2) is 5.67. The lowest BCUT2D eigenvalue weighted by atomic mass is 10.3. The third kappa shape index (κ3) is 3.00. The van der Waals surface area contributed by atoms with E-state index in [1.807, 2.05) is 19.9 Å². The molecule has 1 aliphatic heterocycles. The van der Waals surface area contributed by atoms with Gasteiger partial charge in [0.05, 0.1) is 0 Å². The van der Waals surface area contributed by atoms with Gasteiger partial charge in [0.25, 0.3) is 10.0 Å². The van der Waals surface area contributed by atoms with Crippen LogP contribution in [0, 0.1) is 6.92 Å². The molecule has 1 fully saturated rings. The maximum absolute atomic E-state index is 12.3. The van der Waals surface area contributed by atoms with Crippen LogP contribution in [0.15, 0.2) is 16.3 Å². The molecule has 1 unspecified atom stereocenters. The van der Waals surface area contributed by atoms with E-state index in [-0.39, 0.29) is 18.4 Å². The van der Waals surface area contributed by atoms with E-state index in [0.29, 0.717) is 10.8 Å². The number of hydrogen-bond donors (Lipinski definition) is 1. The number of hydrogen-bond acceptors (Lipinski definition) is 4. The monoisotopic (exact) mass is 296 g/mol. The number of aryl methyl sites for hydroxylation is 1. The summed E-state index contributed by atoms with van der Waals surface area (Å²) in [5.41, 5.74) is 0. The van der Waals surface area contributed by atoms with E-state index in [1.165, 1.54) is 11.3 Å². The van der Waals surface area contributed by atoms with Crippen LogP contribution in [-0.2, 0) is 10.0 Å². The third-order valence-electron chi connectivity index (χ3n) is 2.72. The number of halogens is 1. The Morgan fingerprint density at radius 2 is 2.18 bits per heavy atom. The van der Waals surface area contributed by atoms with E-state index >= 15 is 0 Å². The van der Waals surface area contributed by atoms with Gasteiger partial charge in [0, 0.05) is 30.6 Å². The SMILES string of the molecule is Cc1ccc(S(=O)(=O)N2CCNCC2C)s1.Cl. The molecule has 0 radical (unpaired) electrons. The number of nitrogens with zero attached hydrogens (tertiary/aromatic N) is 1. The summed E-state index contributed by atoms with van der Waals surface area (Å²) >= 11 is 1.34. The summed E-state index contributed by atoms with van der Waals surface area (Å²) in [5, 5.41) is 3.19. The van der Waals surface area contributed by atoms with Crippen molar-refractivity contribution in [1.29, 1.82) is 0 Å². The molecule has 1 atom stereocenters. The van der Waals surface area contributed by atoms with Crippen LogP contribution in [0.2, 0.25) is 0 Å². The molecule has 2 heterocycles. The fraction of sp³-hybridized carbons (Fsp3) is 0.600. The van der Waals surface area contributed by atoms with Gasteiger partial charge in [-0.05, 0) is 26.0 Å². The maximum Gasteiger partial charge on any atom is 0.252 e. The lowest BCUT2D eigenvalue weighted by Crippen LogP contribution is -2.51. The Kier molecular flexibility index (Phi) is 4.97. The zero-order valence-electron chi connectivity index (χ0n) is 9.84. The number of sulfonamides is 1. The normalized spacial score (nSPS) is 22.1.